The van der Waals surface area contributed by atoms with Crippen molar-refractivity contribution in [3.05, 3.63) is 48.0 Å². The highest BCUT2D eigenvalue weighted by Crippen LogP contribution is 2.23. The lowest BCUT2D eigenvalue weighted by atomic mass is 10.3. The Morgan fingerprint density at radius 1 is 0.594 bits per heavy atom. The van der Waals surface area contributed by atoms with E-state index in [-0.39, 0.29) is 12.8 Å². The minimum Gasteiger partial charge on any atom is -0.282 e. The summed E-state index contributed by atoms with van der Waals surface area (Å²) in [4.78, 5) is -3.67. The Kier molecular flexibility index (Phi) is 7.48. The Hall–Kier alpha value is -1.98. The van der Waals surface area contributed by atoms with Gasteiger partial charge >= 0.3 is 0 Å². The third-order valence-corrected chi connectivity index (χ3v) is 9.49. The van der Waals surface area contributed by atoms with Gasteiger partial charge in [0.1, 0.15) is 21.4 Å². The molecule has 178 valence electrons. The van der Waals surface area contributed by atoms with Crippen molar-refractivity contribution in [3.63, 3.8) is 0 Å². The molecule has 2 aromatic carbocycles. The Morgan fingerprint density at radius 3 is 1.19 bits per heavy atom. The molecule has 0 aliphatic heterocycles. The van der Waals surface area contributed by atoms with E-state index in [4.69, 9.17) is 9.11 Å². The maximum Gasteiger partial charge on any atom is 0.297 e. The normalized spacial score (nSPS) is 13.2. The zero-order valence-electron chi connectivity index (χ0n) is 15.8. The molecule has 0 unspecified atom stereocenters. The van der Waals surface area contributed by atoms with E-state index in [1.54, 1.807) is 0 Å². The summed E-state index contributed by atoms with van der Waals surface area (Å²) in [5.74, 6) is -4.03. The Morgan fingerprint density at radius 2 is 0.906 bits per heavy atom. The zero-order valence-corrected chi connectivity index (χ0v) is 19.1. The van der Waals surface area contributed by atoms with Gasteiger partial charge in [-0.25, -0.2) is 25.6 Å². The van der Waals surface area contributed by atoms with Crippen molar-refractivity contribution in [2.24, 2.45) is 0 Å². The molecule has 16 heteroatoms. The van der Waals surface area contributed by atoms with Crippen LogP contribution in [0.2, 0.25) is 0 Å². The molecule has 0 aliphatic rings. The van der Waals surface area contributed by atoms with E-state index in [0.717, 1.165) is 12.1 Å². The molecule has 2 N–H and O–H groups in total. The maximum absolute atomic E-state index is 13.5. The minimum absolute atomic E-state index is 0.244. The van der Waals surface area contributed by atoms with Crippen molar-refractivity contribution >= 4 is 39.9 Å². The third kappa shape index (κ3) is 6.29. The van der Waals surface area contributed by atoms with Crippen LogP contribution in [0.5, 0.6) is 0 Å². The standard InChI is InChI=1S/C16H16F2O10S4/c17-13-5-3-11(9-15(13)31(23,24)25)29(19,20)7-1-2-8-30(21,22)12-4-6-14(18)16(10-12)32(26,27)28/h3-6,9-10H,1-2,7-8H2,(H,23,24,25)(H,26,27,28). The fraction of sp³-hybridized carbons (Fsp3) is 0.250. The summed E-state index contributed by atoms with van der Waals surface area (Å²) in [5.41, 5.74) is 0. The van der Waals surface area contributed by atoms with Gasteiger partial charge in [-0.3, -0.25) is 9.11 Å². The van der Waals surface area contributed by atoms with Gasteiger partial charge in [0.2, 0.25) is 0 Å². The van der Waals surface area contributed by atoms with Gasteiger partial charge in [-0.2, -0.15) is 16.8 Å². The lowest BCUT2D eigenvalue weighted by Crippen LogP contribution is -2.13. The number of hydrogen-bond donors (Lipinski definition) is 2. The summed E-state index contributed by atoms with van der Waals surface area (Å²) in [6, 6.07) is 3.53. The van der Waals surface area contributed by atoms with Crippen molar-refractivity contribution < 1.29 is 51.6 Å². The molecule has 32 heavy (non-hydrogen) atoms. The van der Waals surface area contributed by atoms with Crippen LogP contribution in [0, 0.1) is 11.6 Å². The Labute approximate surface area is 183 Å². The van der Waals surface area contributed by atoms with E-state index in [9.17, 15) is 42.5 Å². The molecule has 10 nitrogen and oxygen atoms in total. The number of rotatable bonds is 9. The highest BCUT2D eigenvalue weighted by Gasteiger charge is 2.24. The molecule has 0 atom stereocenters. The Balaban J connectivity index is 2.13. The average Bonchev–Trinajstić information content (AvgIpc) is 2.63. The van der Waals surface area contributed by atoms with Crippen LogP contribution in [0.3, 0.4) is 0 Å². The van der Waals surface area contributed by atoms with E-state index in [0.29, 0.717) is 24.3 Å². The zero-order chi connectivity index (χ0) is 24.5. The molecule has 0 amide bonds. The molecule has 0 saturated heterocycles. The molecule has 0 saturated carbocycles. The van der Waals surface area contributed by atoms with Crippen molar-refractivity contribution in [2.45, 2.75) is 32.4 Å². The molecule has 0 fully saturated rings. The van der Waals surface area contributed by atoms with Crippen molar-refractivity contribution in [3.8, 4) is 0 Å². The van der Waals surface area contributed by atoms with Gasteiger partial charge in [-0.1, -0.05) is 0 Å². The predicted molar refractivity (Wildman–Crippen MR) is 106 cm³/mol. The van der Waals surface area contributed by atoms with Crippen LogP contribution in [0.1, 0.15) is 12.8 Å². The molecule has 0 spiro atoms. The first kappa shape index (κ1) is 26.3. The summed E-state index contributed by atoms with van der Waals surface area (Å²) in [6.07, 6.45) is -0.487. The first-order chi connectivity index (χ1) is 14.4. The quantitative estimate of drug-likeness (QED) is 0.272. The third-order valence-electron chi connectivity index (χ3n) is 4.16. The van der Waals surface area contributed by atoms with Gasteiger partial charge in [-0.15, -0.1) is 0 Å². The number of benzene rings is 2. The molecular weight excluding hydrogens is 518 g/mol. The van der Waals surface area contributed by atoms with Crippen LogP contribution in [0.4, 0.5) is 8.78 Å². The lowest BCUT2D eigenvalue weighted by molar-refractivity contribution is 0.470. The van der Waals surface area contributed by atoms with E-state index in [1.165, 1.54) is 0 Å². The molecule has 0 bridgehead atoms. The highest BCUT2D eigenvalue weighted by molar-refractivity contribution is 7.92. The lowest BCUT2D eigenvalue weighted by Gasteiger charge is -2.08. The first-order valence-corrected chi connectivity index (χ1v) is 14.6. The van der Waals surface area contributed by atoms with Gasteiger partial charge in [0.25, 0.3) is 20.2 Å². The molecule has 0 aromatic heterocycles. The smallest absolute Gasteiger partial charge is 0.282 e. The second kappa shape index (κ2) is 9.11. The molecule has 0 heterocycles. The Bertz CT molecular complexity index is 1350. The summed E-state index contributed by atoms with van der Waals surface area (Å²) >= 11 is 0. The van der Waals surface area contributed by atoms with Gasteiger partial charge < -0.3 is 0 Å². The summed E-state index contributed by atoms with van der Waals surface area (Å²) in [6.45, 7) is 0. The molecule has 2 rings (SSSR count). The average molecular weight is 535 g/mol. The summed E-state index contributed by atoms with van der Waals surface area (Å²) < 4.78 is 139. The number of sulfone groups is 2. The molecule has 2 aromatic rings. The van der Waals surface area contributed by atoms with Crippen molar-refractivity contribution in [1.82, 2.24) is 0 Å². The second-order valence-corrected chi connectivity index (χ2v) is 13.5. The molecule has 0 aliphatic carbocycles. The summed E-state index contributed by atoms with van der Waals surface area (Å²) in [7, 11) is -18.4. The van der Waals surface area contributed by atoms with Crippen LogP contribution in [-0.4, -0.2) is 54.3 Å². The SMILES string of the molecule is O=S(=O)(O)c1cc(S(=O)(=O)CCCCS(=O)(=O)c2ccc(F)c(S(=O)(=O)O)c2)ccc1F. The molecular formula is C16H16F2O10S4. The number of unbranched alkanes of at least 4 members (excludes halogenated alkanes) is 1. The van der Waals surface area contributed by atoms with Crippen LogP contribution in [0.25, 0.3) is 0 Å². The van der Waals surface area contributed by atoms with E-state index < -0.39 is 82.6 Å². The van der Waals surface area contributed by atoms with Crippen molar-refractivity contribution in [2.75, 3.05) is 11.5 Å². The van der Waals surface area contributed by atoms with E-state index >= 15 is 0 Å². The molecule has 0 radical (unpaired) electrons. The second-order valence-electron chi connectivity index (χ2n) is 6.48. The van der Waals surface area contributed by atoms with Gasteiger partial charge in [-0.05, 0) is 49.2 Å². The first-order valence-electron chi connectivity index (χ1n) is 8.45. The predicted octanol–water partition coefficient (Wildman–Crippen LogP) is 1.49. The number of halogens is 2. The fourth-order valence-corrected chi connectivity index (χ4v) is 6.68. The topological polar surface area (TPSA) is 177 Å². The van der Waals surface area contributed by atoms with Gasteiger partial charge in [0, 0.05) is 0 Å². The van der Waals surface area contributed by atoms with E-state index in [1.807, 2.05) is 0 Å². The fourth-order valence-electron chi connectivity index (χ4n) is 2.57. The van der Waals surface area contributed by atoms with E-state index in [2.05, 4.69) is 0 Å². The van der Waals surface area contributed by atoms with Crippen molar-refractivity contribution in [1.29, 1.82) is 0 Å². The minimum atomic E-state index is -5.01. The summed E-state index contributed by atoms with van der Waals surface area (Å²) in [5, 5.41) is 0. The largest absolute Gasteiger partial charge is 0.297 e. The van der Waals surface area contributed by atoms with Crippen LogP contribution in [-0.2, 0) is 39.9 Å². The van der Waals surface area contributed by atoms with Gasteiger partial charge in [0.05, 0.1) is 21.3 Å². The monoisotopic (exact) mass is 534 g/mol. The van der Waals surface area contributed by atoms with Crippen LogP contribution >= 0.6 is 0 Å². The number of hydrogen-bond acceptors (Lipinski definition) is 8. The highest BCUT2D eigenvalue weighted by atomic mass is 32.2. The van der Waals surface area contributed by atoms with Crippen LogP contribution < -0.4 is 0 Å². The van der Waals surface area contributed by atoms with Crippen LogP contribution in [0.15, 0.2) is 56.0 Å². The van der Waals surface area contributed by atoms with Gasteiger partial charge in [0.15, 0.2) is 19.7 Å². The maximum atomic E-state index is 13.5.